The molecule has 1 N–H and O–H groups in total. The zero-order chi connectivity index (χ0) is 12.9. The van der Waals surface area contributed by atoms with E-state index >= 15 is 0 Å². The van der Waals surface area contributed by atoms with E-state index in [0.29, 0.717) is 12.3 Å². The van der Waals surface area contributed by atoms with Gasteiger partial charge in [-0.3, -0.25) is 4.79 Å². The maximum atomic E-state index is 11.6. The topological polar surface area (TPSA) is 38.3 Å². The van der Waals surface area contributed by atoms with Crippen LogP contribution in [0.2, 0.25) is 0 Å². The maximum Gasteiger partial charge on any atom is 0.326 e. The van der Waals surface area contributed by atoms with Crippen molar-refractivity contribution in [1.29, 1.82) is 0 Å². The first-order chi connectivity index (χ1) is 7.93. The summed E-state index contributed by atoms with van der Waals surface area (Å²) in [7, 11) is 0. The van der Waals surface area contributed by atoms with Gasteiger partial charge in [-0.15, -0.1) is 6.58 Å². The molecule has 3 nitrogen and oxygen atoms in total. The number of carbonyl (C=O) groups excluding carboxylic acids is 1. The van der Waals surface area contributed by atoms with Crippen molar-refractivity contribution in [3.63, 3.8) is 0 Å². The summed E-state index contributed by atoms with van der Waals surface area (Å²) in [6, 6.07) is 7.27. The molecule has 0 unspecified atom stereocenters. The van der Waals surface area contributed by atoms with Gasteiger partial charge in [-0.2, -0.15) is 0 Å². The van der Waals surface area contributed by atoms with E-state index in [-0.39, 0.29) is 5.97 Å². The van der Waals surface area contributed by atoms with Gasteiger partial charge in [-0.25, -0.2) is 0 Å². The molecule has 0 aliphatic heterocycles. The van der Waals surface area contributed by atoms with Gasteiger partial charge in [0.05, 0.1) is 0 Å². The Morgan fingerprint density at radius 3 is 2.53 bits per heavy atom. The average molecular weight is 345 g/mol. The molecule has 0 aliphatic rings. The first-order valence-corrected chi connectivity index (χ1v) is 6.37. The minimum atomic E-state index is -0.516. The third-order valence-corrected chi connectivity index (χ3v) is 2.44. The number of benzene rings is 1. The van der Waals surface area contributed by atoms with E-state index in [9.17, 15) is 4.79 Å². The van der Waals surface area contributed by atoms with E-state index < -0.39 is 3.42 Å². The van der Waals surface area contributed by atoms with Crippen LogP contribution in [0.25, 0.3) is 0 Å². The molecule has 0 fully saturated rings. The predicted molar refractivity (Wildman–Crippen MR) is 78.9 cm³/mol. The van der Waals surface area contributed by atoms with E-state index in [0.717, 1.165) is 5.69 Å². The Bertz CT molecular complexity index is 393. The fourth-order valence-corrected chi connectivity index (χ4v) is 1.17. The number of carbonyl (C=O) groups is 1. The van der Waals surface area contributed by atoms with Gasteiger partial charge < -0.3 is 10.1 Å². The van der Waals surface area contributed by atoms with Crippen LogP contribution in [0.5, 0.6) is 5.75 Å². The van der Waals surface area contributed by atoms with Crippen molar-refractivity contribution in [2.75, 3.05) is 11.9 Å². The molecule has 0 aromatic heterocycles. The average Bonchev–Trinajstić information content (AvgIpc) is 2.27. The van der Waals surface area contributed by atoms with Crippen LogP contribution in [0.15, 0.2) is 36.9 Å². The highest BCUT2D eigenvalue weighted by Gasteiger charge is 2.25. The van der Waals surface area contributed by atoms with Crippen LogP contribution in [0.4, 0.5) is 5.69 Å². The van der Waals surface area contributed by atoms with Crippen molar-refractivity contribution < 1.29 is 9.53 Å². The van der Waals surface area contributed by atoms with Crippen LogP contribution < -0.4 is 10.1 Å². The summed E-state index contributed by atoms with van der Waals surface area (Å²) < 4.78 is 4.73. The van der Waals surface area contributed by atoms with Gasteiger partial charge in [0.2, 0.25) is 0 Å². The lowest BCUT2D eigenvalue weighted by Gasteiger charge is -2.14. The maximum absolute atomic E-state index is 11.6. The monoisotopic (exact) mass is 345 g/mol. The molecule has 92 valence electrons. The number of ether oxygens (including phenoxy) is 1. The summed E-state index contributed by atoms with van der Waals surface area (Å²) in [6.07, 6.45) is 1.78. The Morgan fingerprint density at radius 1 is 1.47 bits per heavy atom. The molecule has 1 aromatic carbocycles. The number of nitrogens with one attached hydrogen (secondary N) is 1. The lowest BCUT2D eigenvalue weighted by Crippen LogP contribution is -2.28. The predicted octanol–water partition coefficient (Wildman–Crippen LogP) is 3.40. The molecule has 0 saturated carbocycles. The summed E-state index contributed by atoms with van der Waals surface area (Å²) in [4.78, 5) is 11.6. The molecule has 17 heavy (non-hydrogen) atoms. The number of alkyl halides is 1. The minimum absolute atomic E-state index is 0.245. The first-order valence-electron chi connectivity index (χ1n) is 5.29. The van der Waals surface area contributed by atoms with Crippen molar-refractivity contribution in [3.8, 4) is 5.75 Å². The smallest absolute Gasteiger partial charge is 0.326 e. The Labute approximate surface area is 115 Å². The zero-order valence-corrected chi connectivity index (χ0v) is 12.2. The van der Waals surface area contributed by atoms with Crippen molar-refractivity contribution in [2.24, 2.45) is 0 Å². The Kier molecular flexibility index (Phi) is 4.99. The molecule has 0 amide bonds. The number of halogens is 1. The van der Waals surface area contributed by atoms with Crippen LogP contribution >= 0.6 is 22.6 Å². The number of hydrogen-bond acceptors (Lipinski definition) is 3. The second-order valence-corrected chi connectivity index (χ2v) is 6.75. The van der Waals surface area contributed by atoms with Gasteiger partial charge in [0.1, 0.15) is 9.17 Å². The highest BCUT2D eigenvalue weighted by atomic mass is 127. The fourth-order valence-electron chi connectivity index (χ4n) is 1.06. The summed E-state index contributed by atoms with van der Waals surface area (Å²) >= 11 is 2.06. The lowest BCUT2D eigenvalue weighted by molar-refractivity contribution is -0.135. The SMILES string of the molecule is C=CCNc1ccc(OC(=O)C(C)(C)I)cc1. The van der Waals surface area contributed by atoms with Gasteiger partial charge in [0.25, 0.3) is 0 Å². The quantitative estimate of drug-likeness (QED) is 0.292. The summed E-state index contributed by atoms with van der Waals surface area (Å²) in [5.41, 5.74) is 0.971. The normalized spacial score (nSPS) is 10.8. The molecular formula is C13H16INO2. The van der Waals surface area contributed by atoms with Crippen LogP contribution in [0.3, 0.4) is 0 Å². The molecule has 4 heteroatoms. The molecule has 0 atom stereocenters. The fraction of sp³-hybridized carbons (Fsp3) is 0.308. The van der Waals surface area contributed by atoms with E-state index in [4.69, 9.17) is 4.74 Å². The van der Waals surface area contributed by atoms with Gasteiger partial charge in [-0.05, 0) is 38.1 Å². The van der Waals surface area contributed by atoms with Crippen molar-refractivity contribution >= 4 is 34.2 Å². The third-order valence-electron chi connectivity index (χ3n) is 2.00. The molecule has 1 rings (SSSR count). The van der Waals surface area contributed by atoms with E-state index in [1.165, 1.54) is 0 Å². The summed E-state index contributed by atoms with van der Waals surface area (Å²) in [5, 5.41) is 3.15. The molecule has 0 saturated heterocycles. The van der Waals surface area contributed by atoms with Crippen LogP contribution in [-0.4, -0.2) is 15.9 Å². The highest BCUT2D eigenvalue weighted by molar-refractivity contribution is 14.1. The van der Waals surface area contributed by atoms with Gasteiger partial charge in [-0.1, -0.05) is 28.7 Å². The van der Waals surface area contributed by atoms with E-state index in [2.05, 4.69) is 34.5 Å². The molecular weight excluding hydrogens is 329 g/mol. The molecule has 0 heterocycles. The van der Waals surface area contributed by atoms with Crippen LogP contribution in [-0.2, 0) is 4.79 Å². The Balaban J connectivity index is 2.62. The summed E-state index contributed by atoms with van der Waals surface area (Å²) in [5.74, 6) is 0.314. The standard InChI is InChI=1S/C13H16INO2/c1-4-9-15-10-5-7-11(8-6-10)17-12(16)13(2,3)14/h4-8,15H,1,9H2,2-3H3. The number of rotatable bonds is 5. The molecule has 0 spiro atoms. The molecule has 1 aromatic rings. The molecule has 0 bridgehead atoms. The number of hydrogen-bond donors (Lipinski definition) is 1. The van der Waals surface area contributed by atoms with E-state index in [1.54, 1.807) is 18.2 Å². The summed E-state index contributed by atoms with van der Waals surface area (Å²) in [6.45, 7) is 7.97. The Morgan fingerprint density at radius 2 is 2.06 bits per heavy atom. The highest BCUT2D eigenvalue weighted by Crippen LogP contribution is 2.22. The van der Waals surface area contributed by atoms with Crippen molar-refractivity contribution in [3.05, 3.63) is 36.9 Å². The second-order valence-electron chi connectivity index (χ2n) is 4.06. The van der Waals surface area contributed by atoms with Crippen molar-refractivity contribution in [2.45, 2.75) is 17.3 Å². The number of esters is 1. The lowest BCUT2D eigenvalue weighted by atomic mass is 10.2. The van der Waals surface area contributed by atoms with Gasteiger partial charge >= 0.3 is 5.97 Å². The van der Waals surface area contributed by atoms with Crippen LogP contribution in [0.1, 0.15) is 13.8 Å². The third kappa shape index (κ3) is 4.77. The van der Waals surface area contributed by atoms with Crippen LogP contribution in [0, 0.1) is 0 Å². The van der Waals surface area contributed by atoms with Gasteiger partial charge in [0, 0.05) is 12.2 Å². The minimum Gasteiger partial charge on any atom is -0.426 e. The largest absolute Gasteiger partial charge is 0.426 e. The van der Waals surface area contributed by atoms with Gasteiger partial charge in [0.15, 0.2) is 0 Å². The molecule has 0 aliphatic carbocycles. The van der Waals surface area contributed by atoms with E-state index in [1.807, 2.05) is 26.0 Å². The molecule has 0 radical (unpaired) electrons. The Hall–Kier alpha value is -1.04. The van der Waals surface area contributed by atoms with Crippen molar-refractivity contribution in [1.82, 2.24) is 0 Å². The number of anilines is 1. The second kappa shape index (κ2) is 6.05. The zero-order valence-electron chi connectivity index (χ0n) is 10.00. The first kappa shape index (κ1) is 14.0.